The molecule has 17 heavy (non-hydrogen) atoms. The number of nitrogens with one attached hydrogen (secondary N) is 1. The summed E-state index contributed by atoms with van der Waals surface area (Å²) in [5.41, 5.74) is 1.09. The molecule has 0 radical (unpaired) electrons. The van der Waals surface area contributed by atoms with E-state index >= 15 is 0 Å². The lowest BCUT2D eigenvalue weighted by molar-refractivity contribution is 0.123. The molecule has 2 nitrogen and oxygen atoms in total. The molecule has 0 heterocycles. The third kappa shape index (κ3) is 4.59. The van der Waals surface area contributed by atoms with Crippen molar-refractivity contribution in [1.82, 2.24) is 5.32 Å². The normalized spacial score (nSPS) is 12.7. The quantitative estimate of drug-likeness (QED) is 0.814. The first-order chi connectivity index (χ1) is 8.20. The van der Waals surface area contributed by atoms with E-state index < -0.39 is 0 Å². The molecule has 0 saturated heterocycles. The maximum absolute atomic E-state index is 6.30. The van der Waals surface area contributed by atoms with E-state index in [1.54, 1.807) is 0 Å². The highest BCUT2D eigenvalue weighted by Crippen LogP contribution is 2.30. The van der Waals surface area contributed by atoms with Crippen LogP contribution in [0.25, 0.3) is 0 Å². The minimum Gasteiger partial charge on any atom is -0.380 e. The summed E-state index contributed by atoms with van der Waals surface area (Å²) in [5, 5.41) is 4.22. The summed E-state index contributed by atoms with van der Waals surface area (Å²) in [5.74, 6) is 0. The van der Waals surface area contributed by atoms with E-state index in [2.05, 4.69) is 28.2 Å². The van der Waals surface area contributed by atoms with Crippen molar-refractivity contribution < 1.29 is 4.74 Å². The average molecular weight is 321 g/mol. The molecule has 96 valence electrons. The Hall–Kier alpha value is -0.0900. The van der Waals surface area contributed by atoms with E-state index in [1.165, 1.54) is 0 Å². The number of halogens is 2. The Morgan fingerprint density at radius 2 is 2.18 bits per heavy atom. The van der Waals surface area contributed by atoms with Crippen LogP contribution in [-0.2, 0) is 4.74 Å². The van der Waals surface area contributed by atoms with Crippen LogP contribution in [0.1, 0.15) is 31.9 Å². The Bertz CT molecular complexity index is 338. The van der Waals surface area contributed by atoms with Crippen LogP contribution in [-0.4, -0.2) is 19.8 Å². The number of benzene rings is 1. The lowest BCUT2D eigenvalue weighted by atomic mass is 10.1. The van der Waals surface area contributed by atoms with Crippen molar-refractivity contribution in [1.29, 1.82) is 0 Å². The number of hydrogen-bond donors (Lipinski definition) is 1. The molecule has 0 saturated carbocycles. The standard InChI is InChI=1S/C13H19BrClNO/c1-3-8-16-12(9-17-4-2)10-6-5-7-11(14)13(10)15/h5-7,12,16H,3-4,8-9H2,1-2H3. The SMILES string of the molecule is CCCNC(COCC)c1cccc(Br)c1Cl. The van der Waals surface area contributed by atoms with Crippen molar-refractivity contribution in [2.45, 2.75) is 26.3 Å². The maximum atomic E-state index is 6.30. The zero-order chi connectivity index (χ0) is 12.7. The van der Waals surface area contributed by atoms with Gasteiger partial charge in [-0.3, -0.25) is 0 Å². The van der Waals surface area contributed by atoms with Crippen LogP contribution >= 0.6 is 27.5 Å². The van der Waals surface area contributed by atoms with E-state index in [-0.39, 0.29) is 6.04 Å². The monoisotopic (exact) mass is 319 g/mol. The van der Waals surface area contributed by atoms with Gasteiger partial charge in [0.15, 0.2) is 0 Å². The smallest absolute Gasteiger partial charge is 0.0661 e. The van der Waals surface area contributed by atoms with Crippen LogP contribution in [0.2, 0.25) is 5.02 Å². The molecule has 1 atom stereocenters. The third-order valence-corrected chi connectivity index (χ3v) is 3.80. The Kier molecular flexibility index (Phi) is 7.12. The minimum absolute atomic E-state index is 0.153. The Morgan fingerprint density at radius 1 is 1.41 bits per heavy atom. The highest BCUT2D eigenvalue weighted by molar-refractivity contribution is 9.10. The predicted octanol–water partition coefficient (Wildman–Crippen LogP) is 4.18. The fourth-order valence-corrected chi connectivity index (χ4v) is 2.24. The summed E-state index contributed by atoms with van der Waals surface area (Å²) in [7, 11) is 0. The average Bonchev–Trinajstić information content (AvgIpc) is 2.34. The minimum atomic E-state index is 0.153. The first kappa shape index (κ1) is 15.0. The Morgan fingerprint density at radius 3 is 2.82 bits per heavy atom. The van der Waals surface area contributed by atoms with Crippen LogP contribution in [0.15, 0.2) is 22.7 Å². The molecular weight excluding hydrogens is 302 g/mol. The maximum Gasteiger partial charge on any atom is 0.0661 e. The second kappa shape index (κ2) is 8.09. The van der Waals surface area contributed by atoms with E-state index in [1.807, 2.05) is 25.1 Å². The van der Waals surface area contributed by atoms with Crippen molar-refractivity contribution in [3.8, 4) is 0 Å². The Labute approximate surface area is 117 Å². The van der Waals surface area contributed by atoms with Crippen molar-refractivity contribution in [3.63, 3.8) is 0 Å². The zero-order valence-electron chi connectivity index (χ0n) is 10.3. The molecule has 1 rings (SSSR count). The first-order valence-corrected chi connectivity index (χ1v) is 7.12. The van der Waals surface area contributed by atoms with Gasteiger partial charge in [0.25, 0.3) is 0 Å². The second-order valence-electron chi connectivity index (χ2n) is 3.81. The molecule has 4 heteroatoms. The highest BCUT2D eigenvalue weighted by atomic mass is 79.9. The molecule has 1 unspecified atom stereocenters. The van der Waals surface area contributed by atoms with Gasteiger partial charge in [0.2, 0.25) is 0 Å². The lowest BCUT2D eigenvalue weighted by Gasteiger charge is -2.20. The molecule has 0 aliphatic carbocycles. The summed E-state index contributed by atoms with van der Waals surface area (Å²) < 4.78 is 6.43. The molecule has 0 aromatic heterocycles. The molecule has 0 bridgehead atoms. The topological polar surface area (TPSA) is 21.3 Å². The molecule has 0 spiro atoms. The molecule has 1 N–H and O–H groups in total. The van der Waals surface area contributed by atoms with Crippen molar-refractivity contribution in [2.75, 3.05) is 19.8 Å². The van der Waals surface area contributed by atoms with Gasteiger partial charge in [0.05, 0.1) is 17.7 Å². The molecule has 0 aliphatic heterocycles. The first-order valence-electron chi connectivity index (χ1n) is 5.95. The van der Waals surface area contributed by atoms with Crippen LogP contribution < -0.4 is 5.32 Å². The van der Waals surface area contributed by atoms with Crippen molar-refractivity contribution in [2.24, 2.45) is 0 Å². The molecule has 0 amide bonds. The van der Waals surface area contributed by atoms with Gasteiger partial charge in [-0.2, -0.15) is 0 Å². The molecular formula is C13H19BrClNO. The second-order valence-corrected chi connectivity index (χ2v) is 5.04. The van der Waals surface area contributed by atoms with Gasteiger partial charge in [0, 0.05) is 11.1 Å². The molecule has 1 aromatic carbocycles. The van der Waals surface area contributed by atoms with Gasteiger partial charge < -0.3 is 10.1 Å². The molecule has 0 aliphatic rings. The van der Waals surface area contributed by atoms with Gasteiger partial charge in [-0.05, 0) is 47.4 Å². The highest BCUT2D eigenvalue weighted by Gasteiger charge is 2.15. The summed E-state index contributed by atoms with van der Waals surface area (Å²) in [4.78, 5) is 0. The largest absolute Gasteiger partial charge is 0.380 e. The van der Waals surface area contributed by atoms with Gasteiger partial charge in [0.1, 0.15) is 0 Å². The zero-order valence-corrected chi connectivity index (χ0v) is 12.6. The van der Waals surface area contributed by atoms with Gasteiger partial charge in [-0.15, -0.1) is 0 Å². The van der Waals surface area contributed by atoms with E-state index in [4.69, 9.17) is 16.3 Å². The van der Waals surface area contributed by atoms with Gasteiger partial charge >= 0.3 is 0 Å². The number of ether oxygens (including phenoxy) is 1. The van der Waals surface area contributed by atoms with Crippen LogP contribution in [0, 0.1) is 0 Å². The van der Waals surface area contributed by atoms with Gasteiger partial charge in [-0.1, -0.05) is 30.7 Å². The summed E-state index contributed by atoms with van der Waals surface area (Å²) in [6.45, 7) is 6.47. The fourth-order valence-electron chi connectivity index (χ4n) is 1.60. The summed E-state index contributed by atoms with van der Waals surface area (Å²) >= 11 is 9.75. The van der Waals surface area contributed by atoms with Gasteiger partial charge in [-0.25, -0.2) is 0 Å². The van der Waals surface area contributed by atoms with Crippen molar-refractivity contribution >= 4 is 27.5 Å². The van der Waals surface area contributed by atoms with E-state index in [9.17, 15) is 0 Å². The Balaban J connectivity index is 2.83. The summed E-state index contributed by atoms with van der Waals surface area (Å²) in [6, 6.07) is 6.14. The molecule has 1 aromatic rings. The number of rotatable bonds is 7. The van der Waals surface area contributed by atoms with E-state index in [0.29, 0.717) is 6.61 Å². The molecule has 0 fully saturated rings. The summed E-state index contributed by atoms with van der Waals surface area (Å²) in [6.07, 6.45) is 1.09. The lowest BCUT2D eigenvalue weighted by Crippen LogP contribution is -2.26. The van der Waals surface area contributed by atoms with Crippen LogP contribution in [0.3, 0.4) is 0 Å². The third-order valence-electron chi connectivity index (χ3n) is 2.49. The van der Waals surface area contributed by atoms with Crippen LogP contribution in [0.5, 0.6) is 0 Å². The number of hydrogen-bond acceptors (Lipinski definition) is 2. The van der Waals surface area contributed by atoms with E-state index in [0.717, 1.165) is 34.6 Å². The fraction of sp³-hybridized carbons (Fsp3) is 0.538. The predicted molar refractivity (Wildman–Crippen MR) is 76.7 cm³/mol. The van der Waals surface area contributed by atoms with Crippen LogP contribution in [0.4, 0.5) is 0 Å². The van der Waals surface area contributed by atoms with Crippen molar-refractivity contribution in [3.05, 3.63) is 33.3 Å².